The Kier molecular flexibility index (Phi) is 6.36. The van der Waals surface area contributed by atoms with Gasteiger partial charge in [0.05, 0.1) is 13.2 Å². The number of hydrogen-bond acceptors (Lipinski definition) is 7. The minimum Gasteiger partial charge on any atom is -0.496 e. The van der Waals surface area contributed by atoms with Crippen LogP contribution in [0.2, 0.25) is 0 Å². The molecule has 1 fully saturated rings. The van der Waals surface area contributed by atoms with E-state index >= 15 is 0 Å². The highest BCUT2D eigenvalue weighted by molar-refractivity contribution is 7.97. The number of nitrogens with zero attached hydrogens (tertiary/aromatic N) is 4. The van der Waals surface area contributed by atoms with Crippen molar-refractivity contribution in [2.75, 3.05) is 57.8 Å². The lowest BCUT2D eigenvalue weighted by Gasteiger charge is -2.36. The summed E-state index contributed by atoms with van der Waals surface area (Å²) in [6.45, 7) is 6.92. The van der Waals surface area contributed by atoms with Gasteiger partial charge in [0.15, 0.2) is 0 Å². The second-order valence-corrected chi connectivity index (χ2v) is 8.38. The Balaban J connectivity index is 1.23. The number of ether oxygens (including phenoxy) is 1. The number of β-amino-alcohol motifs (C(OH)–C–C–N with tert-alkyl or cyclic N) is 1. The highest BCUT2D eigenvalue weighted by Crippen LogP contribution is 2.41. The summed E-state index contributed by atoms with van der Waals surface area (Å²) in [5.74, 6) is 1.86. The average molecular weight is 401 g/mol. The van der Waals surface area contributed by atoms with Crippen LogP contribution in [0, 0.1) is 0 Å². The van der Waals surface area contributed by atoms with Gasteiger partial charge in [-0.05, 0) is 49.2 Å². The summed E-state index contributed by atoms with van der Waals surface area (Å²) in [5.41, 5.74) is 0.928. The van der Waals surface area contributed by atoms with Crippen LogP contribution in [0.5, 0.6) is 5.75 Å². The van der Waals surface area contributed by atoms with Gasteiger partial charge in [0.25, 0.3) is 0 Å². The molecule has 0 amide bonds. The molecule has 2 aliphatic heterocycles. The molecule has 1 N–H and O–H groups in total. The van der Waals surface area contributed by atoms with E-state index in [1.807, 2.05) is 30.5 Å². The highest BCUT2D eigenvalue weighted by Gasteiger charge is 2.27. The first kappa shape index (κ1) is 19.5. The summed E-state index contributed by atoms with van der Waals surface area (Å²) < 4.78 is 7.69. The van der Waals surface area contributed by atoms with E-state index in [9.17, 15) is 5.11 Å². The average Bonchev–Trinajstić information content (AvgIpc) is 2.74. The Bertz CT molecular complexity index is 768. The Labute approximate surface area is 171 Å². The van der Waals surface area contributed by atoms with Gasteiger partial charge in [0, 0.05) is 55.9 Å². The van der Waals surface area contributed by atoms with Crippen molar-refractivity contribution in [3.63, 3.8) is 0 Å². The molecule has 0 radical (unpaired) electrons. The van der Waals surface area contributed by atoms with Gasteiger partial charge in [-0.1, -0.05) is 12.1 Å². The maximum Gasteiger partial charge on any atom is 0.128 e. The number of pyridine rings is 1. The van der Waals surface area contributed by atoms with Crippen LogP contribution in [0.4, 0.5) is 5.82 Å². The number of benzene rings is 1. The van der Waals surface area contributed by atoms with Gasteiger partial charge in [-0.15, -0.1) is 0 Å². The molecule has 0 saturated carbocycles. The normalized spacial score (nSPS) is 20.8. The minimum absolute atomic E-state index is 0.491. The van der Waals surface area contributed by atoms with Crippen LogP contribution in [0.3, 0.4) is 0 Å². The van der Waals surface area contributed by atoms with Crippen molar-refractivity contribution in [3.05, 3.63) is 48.2 Å². The quantitative estimate of drug-likeness (QED) is 0.748. The zero-order valence-electron chi connectivity index (χ0n) is 16.3. The number of rotatable bonds is 6. The molecule has 28 heavy (non-hydrogen) atoms. The first-order chi connectivity index (χ1) is 13.7. The van der Waals surface area contributed by atoms with E-state index in [1.54, 1.807) is 19.1 Å². The first-order valence-corrected chi connectivity index (χ1v) is 10.7. The fourth-order valence-electron chi connectivity index (χ4n) is 3.92. The number of fused-ring (bicyclic) bond motifs is 1. The predicted molar refractivity (Wildman–Crippen MR) is 113 cm³/mol. The summed E-state index contributed by atoms with van der Waals surface area (Å²) in [6.07, 6.45) is 2.47. The van der Waals surface area contributed by atoms with Crippen LogP contribution >= 0.6 is 11.9 Å². The van der Waals surface area contributed by atoms with Crippen molar-refractivity contribution >= 4 is 17.8 Å². The largest absolute Gasteiger partial charge is 0.496 e. The Morgan fingerprint density at radius 2 is 1.96 bits per heavy atom. The summed E-state index contributed by atoms with van der Waals surface area (Å²) in [4.78, 5) is 10.4. The molecular weight excluding hydrogens is 372 g/mol. The van der Waals surface area contributed by atoms with Crippen LogP contribution in [-0.4, -0.2) is 72.2 Å². The molecule has 1 aromatic carbocycles. The van der Waals surface area contributed by atoms with Crippen LogP contribution in [0.25, 0.3) is 0 Å². The monoisotopic (exact) mass is 400 g/mol. The predicted octanol–water partition coefficient (Wildman–Crippen LogP) is 2.66. The third kappa shape index (κ3) is 4.43. The van der Waals surface area contributed by atoms with Crippen LogP contribution < -0.4 is 9.64 Å². The van der Waals surface area contributed by atoms with Crippen molar-refractivity contribution < 1.29 is 9.84 Å². The Morgan fingerprint density at radius 3 is 2.71 bits per heavy atom. The summed E-state index contributed by atoms with van der Waals surface area (Å²) in [5, 5.41) is 10.6. The number of aliphatic hydroxyl groups is 1. The van der Waals surface area contributed by atoms with Crippen LogP contribution in [0.1, 0.15) is 18.1 Å². The standard InChI is InChI=1S/C21H28N4O2S/c1-27-18-6-4-7-19-21(18)17(26)16-25(28-19)11-5-10-23-12-14-24(15-13-23)20-8-2-3-9-22-20/h2-4,6-9,17,26H,5,10-16H2,1H3. The summed E-state index contributed by atoms with van der Waals surface area (Å²) >= 11 is 1.73. The molecule has 1 saturated heterocycles. The third-order valence-electron chi connectivity index (χ3n) is 5.41. The molecule has 150 valence electrons. The van der Waals surface area contributed by atoms with E-state index in [-0.39, 0.29) is 0 Å². The summed E-state index contributed by atoms with van der Waals surface area (Å²) in [6, 6.07) is 12.1. The molecule has 0 spiro atoms. The highest BCUT2D eigenvalue weighted by atomic mass is 32.2. The molecular formula is C21H28N4O2S. The maximum absolute atomic E-state index is 10.6. The van der Waals surface area contributed by atoms with E-state index < -0.39 is 6.10 Å². The molecule has 2 aliphatic rings. The van der Waals surface area contributed by atoms with E-state index in [0.717, 1.165) is 67.7 Å². The van der Waals surface area contributed by atoms with Crippen LogP contribution in [-0.2, 0) is 0 Å². The zero-order chi connectivity index (χ0) is 19.3. The fourth-order valence-corrected chi connectivity index (χ4v) is 5.11. The van der Waals surface area contributed by atoms with E-state index in [4.69, 9.17) is 4.74 Å². The van der Waals surface area contributed by atoms with Gasteiger partial charge in [0.1, 0.15) is 11.6 Å². The van der Waals surface area contributed by atoms with Gasteiger partial charge in [0.2, 0.25) is 0 Å². The van der Waals surface area contributed by atoms with Crippen molar-refractivity contribution in [1.29, 1.82) is 0 Å². The molecule has 0 aliphatic carbocycles. The first-order valence-electron chi connectivity index (χ1n) is 9.91. The molecule has 7 heteroatoms. The molecule has 3 heterocycles. The molecule has 1 aromatic heterocycles. The number of aromatic nitrogens is 1. The lowest BCUT2D eigenvalue weighted by atomic mass is 10.1. The zero-order valence-corrected chi connectivity index (χ0v) is 17.1. The molecule has 0 bridgehead atoms. The van der Waals surface area contributed by atoms with Gasteiger partial charge >= 0.3 is 0 Å². The van der Waals surface area contributed by atoms with E-state index in [2.05, 4.69) is 31.2 Å². The van der Waals surface area contributed by atoms with Crippen molar-refractivity contribution in [2.45, 2.75) is 17.4 Å². The lowest BCUT2D eigenvalue weighted by molar-refractivity contribution is 0.138. The molecule has 4 rings (SSSR count). The number of hydrogen-bond donors (Lipinski definition) is 1. The Morgan fingerprint density at radius 1 is 1.11 bits per heavy atom. The van der Waals surface area contributed by atoms with Crippen LogP contribution in [0.15, 0.2) is 47.5 Å². The number of piperazine rings is 1. The van der Waals surface area contributed by atoms with Crippen molar-refractivity contribution in [3.8, 4) is 5.75 Å². The lowest BCUT2D eigenvalue weighted by Crippen LogP contribution is -2.47. The fraction of sp³-hybridized carbons (Fsp3) is 0.476. The van der Waals surface area contributed by atoms with Gasteiger partial charge in [-0.25, -0.2) is 9.29 Å². The number of aliphatic hydroxyl groups excluding tert-OH is 1. The summed E-state index contributed by atoms with van der Waals surface area (Å²) in [7, 11) is 1.66. The third-order valence-corrected chi connectivity index (χ3v) is 6.55. The molecule has 6 nitrogen and oxygen atoms in total. The van der Waals surface area contributed by atoms with E-state index in [1.165, 1.54) is 0 Å². The minimum atomic E-state index is -0.491. The Hall–Kier alpha value is -1.80. The smallest absolute Gasteiger partial charge is 0.128 e. The molecule has 1 atom stereocenters. The van der Waals surface area contributed by atoms with E-state index in [0.29, 0.717) is 6.54 Å². The second-order valence-electron chi connectivity index (χ2n) is 7.24. The SMILES string of the molecule is COc1cccc2c1C(O)CN(CCCN1CCN(c3ccccn3)CC1)S2. The van der Waals surface area contributed by atoms with Gasteiger partial charge in [-0.3, -0.25) is 4.90 Å². The topological polar surface area (TPSA) is 52.1 Å². The van der Waals surface area contributed by atoms with Crippen molar-refractivity contribution in [2.24, 2.45) is 0 Å². The second kappa shape index (κ2) is 9.13. The number of methoxy groups -OCH3 is 1. The maximum atomic E-state index is 10.6. The van der Waals surface area contributed by atoms with Crippen molar-refractivity contribution in [1.82, 2.24) is 14.2 Å². The molecule has 2 aromatic rings. The molecule has 1 unspecified atom stereocenters. The van der Waals surface area contributed by atoms with Gasteiger partial charge in [-0.2, -0.15) is 0 Å². The number of anilines is 1. The van der Waals surface area contributed by atoms with Gasteiger partial charge < -0.3 is 14.7 Å².